The van der Waals surface area contributed by atoms with E-state index in [1.165, 1.54) is 16.7 Å². The molecule has 1 amide bonds. The van der Waals surface area contributed by atoms with Gasteiger partial charge in [-0.3, -0.25) is 9.69 Å². The maximum absolute atomic E-state index is 12.9. The molecular formula is C23H31N3O3. The van der Waals surface area contributed by atoms with Crippen LogP contribution in [0.25, 0.3) is 0 Å². The Bertz CT molecular complexity index is 887. The predicted molar refractivity (Wildman–Crippen MR) is 110 cm³/mol. The van der Waals surface area contributed by atoms with Crippen molar-refractivity contribution in [3.63, 3.8) is 0 Å². The van der Waals surface area contributed by atoms with Gasteiger partial charge >= 0.3 is 0 Å². The van der Waals surface area contributed by atoms with Crippen LogP contribution in [0.3, 0.4) is 0 Å². The number of hydrogen-bond donors (Lipinski definition) is 0. The third-order valence-corrected chi connectivity index (χ3v) is 6.35. The quantitative estimate of drug-likeness (QED) is 0.793. The summed E-state index contributed by atoms with van der Waals surface area (Å²) >= 11 is 0. The number of ether oxygens (including phenoxy) is 1. The van der Waals surface area contributed by atoms with E-state index in [1.54, 1.807) is 0 Å². The van der Waals surface area contributed by atoms with E-state index in [0.29, 0.717) is 26.2 Å². The zero-order chi connectivity index (χ0) is 20.6. The first kappa shape index (κ1) is 20.1. The average molecular weight is 398 g/mol. The Balaban J connectivity index is 1.49. The molecule has 0 saturated carbocycles. The van der Waals surface area contributed by atoms with Crippen molar-refractivity contribution in [2.24, 2.45) is 5.41 Å². The van der Waals surface area contributed by atoms with Gasteiger partial charge in [0.1, 0.15) is 5.76 Å². The van der Waals surface area contributed by atoms with Gasteiger partial charge in [0.05, 0.1) is 25.5 Å². The molecule has 2 aliphatic heterocycles. The molecule has 6 nitrogen and oxygen atoms in total. The van der Waals surface area contributed by atoms with E-state index in [-0.39, 0.29) is 11.3 Å². The van der Waals surface area contributed by atoms with E-state index < -0.39 is 0 Å². The first-order valence-corrected chi connectivity index (χ1v) is 10.4. The second kappa shape index (κ2) is 7.92. The molecule has 1 aromatic heterocycles. The minimum absolute atomic E-state index is 0.149. The molecule has 29 heavy (non-hydrogen) atoms. The molecule has 1 spiro atoms. The maximum atomic E-state index is 12.9. The molecule has 0 unspecified atom stereocenters. The second-order valence-electron chi connectivity index (χ2n) is 8.92. The molecule has 2 fully saturated rings. The standard InChI is InChI=1S/C23H31N3O3/c1-16-5-6-17(2)20(9-16)11-25-7-8-28-15-23(13-25)10-22(27)26(14-23)12-21-18(3)24-29-19(21)4/h5-6,9H,7-8,10-15H2,1-4H3/t23-/m0/s1. The highest BCUT2D eigenvalue weighted by Gasteiger charge is 2.45. The Kier molecular flexibility index (Phi) is 5.49. The van der Waals surface area contributed by atoms with Crippen LogP contribution in [0.15, 0.2) is 22.7 Å². The summed E-state index contributed by atoms with van der Waals surface area (Å²) in [6.45, 7) is 13.5. The fraction of sp³-hybridized carbons (Fsp3) is 0.565. The van der Waals surface area contributed by atoms with E-state index in [4.69, 9.17) is 9.26 Å². The van der Waals surface area contributed by atoms with Crippen LogP contribution in [0.5, 0.6) is 0 Å². The van der Waals surface area contributed by atoms with Crippen molar-refractivity contribution in [2.75, 3.05) is 32.8 Å². The van der Waals surface area contributed by atoms with Crippen molar-refractivity contribution in [3.8, 4) is 0 Å². The molecule has 2 saturated heterocycles. The van der Waals surface area contributed by atoms with E-state index >= 15 is 0 Å². The largest absolute Gasteiger partial charge is 0.379 e. The molecule has 156 valence electrons. The van der Waals surface area contributed by atoms with Crippen LogP contribution in [0.2, 0.25) is 0 Å². The first-order valence-electron chi connectivity index (χ1n) is 10.4. The number of carbonyl (C=O) groups is 1. The van der Waals surface area contributed by atoms with Crippen molar-refractivity contribution < 1.29 is 14.1 Å². The Morgan fingerprint density at radius 2 is 1.97 bits per heavy atom. The lowest BCUT2D eigenvalue weighted by atomic mass is 9.87. The normalized spacial score (nSPS) is 23.2. The second-order valence-corrected chi connectivity index (χ2v) is 8.92. The van der Waals surface area contributed by atoms with Gasteiger partial charge in [-0.2, -0.15) is 0 Å². The molecule has 6 heteroatoms. The number of likely N-dealkylation sites (tertiary alicyclic amines) is 1. The minimum Gasteiger partial charge on any atom is -0.379 e. The third-order valence-electron chi connectivity index (χ3n) is 6.35. The van der Waals surface area contributed by atoms with Gasteiger partial charge in [-0.05, 0) is 38.8 Å². The number of rotatable bonds is 4. The molecule has 3 heterocycles. The lowest BCUT2D eigenvalue weighted by molar-refractivity contribution is -0.128. The van der Waals surface area contributed by atoms with Crippen LogP contribution in [-0.4, -0.2) is 53.7 Å². The van der Waals surface area contributed by atoms with E-state index in [2.05, 4.69) is 42.1 Å². The third kappa shape index (κ3) is 4.23. The highest BCUT2D eigenvalue weighted by molar-refractivity contribution is 5.79. The van der Waals surface area contributed by atoms with Crippen molar-refractivity contribution >= 4 is 5.91 Å². The zero-order valence-electron chi connectivity index (χ0n) is 18.0. The van der Waals surface area contributed by atoms with Gasteiger partial charge in [-0.25, -0.2) is 0 Å². The predicted octanol–water partition coefficient (Wildman–Crippen LogP) is 3.16. The van der Waals surface area contributed by atoms with Crippen LogP contribution < -0.4 is 0 Å². The Morgan fingerprint density at radius 3 is 2.72 bits per heavy atom. The molecule has 0 N–H and O–H groups in total. The van der Waals surface area contributed by atoms with Crippen LogP contribution in [0.1, 0.15) is 40.1 Å². The van der Waals surface area contributed by atoms with E-state index in [1.807, 2.05) is 18.7 Å². The van der Waals surface area contributed by atoms with Gasteiger partial charge in [-0.15, -0.1) is 0 Å². The summed E-state index contributed by atoms with van der Waals surface area (Å²) in [5, 5.41) is 4.03. The van der Waals surface area contributed by atoms with E-state index in [0.717, 1.165) is 43.2 Å². The van der Waals surface area contributed by atoms with Crippen molar-refractivity contribution in [1.29, 1.82) is 0 Å². The van der Waals surface area contributed by atoms with Crippen molar-refractivity contribution in [1.82, 2.24) is 15.0 Å². The summed E-state index contributed by atoms with van der Waals surface area (Å²) in [6.07, 6.45) is 0.541. The Morgan fingerprint density at radius 1 is 1.14 bits per heavy atom. The van der Waals surface area contributed by atoms with Crippen LogP contribution in [0.4, 0.5) is 0 Å². The number of aryl methyl sites for hydroxylation is 4. The van der Waals surface area contributed by atoms with Crippen molar-refractivity contribution in [3.05, 3.63) is 51.9 Å². The number of aromatic nitrogens is 1. The summed E-state index contributed by atoms with van der Waals surface area (Å²) in [4.78, 5) is 17.3. The molecule has 0 bridgehead atoms. The van der Waals surface area contributed by atoms with Crippen LogP contribution in [-0.2, 0) is 22.6 Å². The van der Waals surface area contributed by atoms with Gasteiger partial charge in [0.15, 0.2) is 0 Å². The molecule has 2 aromatic rings. The number of hydrogen-bond acceptors (Lipinski definition) is 5. The molecule has 1 aromatic carbocycles. The summed E-state index contributed by atoms with van der Waals surface area (Å²) in [6, 6.07) is 6.63. The summed E-state index contributed by atoms with van der Waals surface area (Å²) < 4.78 is 11.3. The molecule has 0 aliphatic carbocycles. The Labute approximate surface area is 172 Å². The first-order chi connectivity index (χ1) is 13.8. The topological polar surface area (TPSA) is 58.8 Å². The zero-order valence-corrected chi connectivity index (χ0v) is 18.0. The smallest absolute Gasteiger partial charge is 0.223 e. The highest BCUT2D eigenvalue weighted by Crippen LogP contribution is 2.36. The number of nitrogens with zero attached hydrogens (tertiary/aromatic N) is 3. The van der Waals surface area contributed by atoms with Crippen LogP contribution in [0, 0.1) is 33.1 Å². The monoisotopic (exact) mass is 397 g/mol. The molecule has 1 atom stereocenters. The van der Waals surface area contributed by atoms with Gasteiger partial charge in [0.2, 0.25) is 5.91 Å². The number of carbonyl (C=O) groups excluding carboxylic acids is 1. The number of benzene rings is 1. The molecule has 4 rings (SSSR count). The van der Waals surface area contributed by atoms with E-state index in [9.17, 15) is 4.79 Å². The fourth-order valence-corrected chi connectivity index (χ4v) is 4.67. The van der Waals surface area contributed by atoms with Gasteiger partial charge < -0.3 is 14.2 Å². The summed E-state index contributed by atoms with van der Waals surface area (Å²) in [5.41, 5.74) is 5.70. The van der Waals surface area contributed by atoms with Gasteiger partial charge in [0.25, 0.3) is 0 Å². The Hall–Kier alpha value is -2.18. The lowest BCUT2D eigenvalue weighted by Gasteiger charge is -2.31. The minimum atomic E-state index is -0.149. The molecule has 2 aliphatic rings. The maximum Gasteiger partial charge on any atom is 0.223 e. The van der Waals surface area contributed by atoms with Gasteiger partial charge in [0, 0.05) is 43.6 Å². The molecular weight excluding hydrogens is 366 g/mol. The average Bonchev–Trinajstić information content (AvgIpc) is 3.06. The molecule has 0 radical (unpaired) electrons. The number of amides is 1. The highest BCUT2D eigenvalue weighted by atomic mass is 16.5. The van der Waals surface area contributed by atoms with Crippen molar-refractivity contribution in [2.45, 2.75) is 47.2 Å². The summed E-state index contributed by atoms with van der Waals surface area (Å²) in [7, 11) is 0. The summed E-state index contributed by atoms with van der Waals surface area (Å²) in [5.74, 6) is 0.993. The van der Waals surface area contributed by atoms with Gasteiger partial charge in [-0.1, -0.05) is 28.9 Å². The SMILES string of the molecule is Cc1ccc(C)c(CN2CCOC[C@@]3(CC(=O)N(Cc4c(C)noc4C)C3)C2)c1. The lowest BCUT2D eigenvalue weighted by Crippen LogP contribution is -2.40. The fourth-order valence-electron chi connectivity index (χ4n) is 4.67. The van der Waals surface area contributed by atoms with Crippen LogP contribution >= 0.6 is 0 Å².